The molecule has 2 atom stereocenters. The van der Waals surface area contributed by atoms with E-state index in [0.29, 0.717) is 6.42 Å². The van der Waals surface area contributed by atoms with Gasteiger partial charge in [0.15, 0.2) is 0 Å². The molecule has 1 heterocycles. The predicted molar refractivity (Wildman–Crippen MR) is 136 cm³/mol. The van der Waals surface area contributed by atoms with Gasteiger partial charge in [0, 0.05) is 37.0 Å². The number of hydrogen-bond donors (Lipinski definition) is 2. The minimum absolute atomic E-state index is 0.00101. The molecule has 1 aliphatic heterocycles. The van der Waals surface area contributed by atoms with Crippen LogP contribution in [0.1, 0.15) is 38.8 Å². The molecule has 0 unspecified atom stereocenters. The number of nitrogens with one attached hydrogen (secondary N) is 2. The number of hydrogen-bond acceptors (Lipinski definition) is 5. The van der Waals surface area contributed by atoms with Gasteiger partial charge in [-0.15, -0.1) is 0 Å². The molecule has 8 heteroatoms. The zero-order valence-electron chi connectivity index (χ0n) is 19.3. The minimum Gasteiger partial charge on any atom is -0.694 e. The summed E-state index contributed by atoms with van der Waals surface area (Å²) in [7, 11) is 0. The highest BCUT2D eigenvalue weighted by Crippen LogP contribution is 2.41. The molecule has 34 heavy (non-hydrogen) atoms. The topological polar surface area (TPSA) is 111 Å². The third kappa shape index (κ3) is 4.88. The van der Waals surface area contributed by atoms with Crippen LogP contribution in [0, 0.1) is 5.21 Å². The van der Waals surface area contributed by atoms with E-state index in [2.05, 4.69) is 16.7 Å². The summed E-state index contributed by atoms with van der Waals surface area (Å²) < 4.78 is 0. The first-order valence-electron chi connectivity index (χ1n) is 11.1. The van der Waals surface area contributed by atoms with Crippen LogP contribution in [0.15, 0.2) is 66.7 Å². The van der Waals surface area contributed by atoms with Crippen LogP contribution in [-0.4, -0.2) is 23.1 Å². The summed E-state index contributed by atoms with van der Waals surface area (Å²) in [6.07, 6.45) is 0.704. The lowest BCUT2D eigenvalue weighted by Gasteiger charge is -2.40. The number of fused-ring (bicyclic) bond motifs is 1. The fourth-order valence-electron chi connectivity index (χ4n) is 4.53. The number of carbonyl (C=O) groups is 2. The van der Waals surface area contributed by atoms with Crippen molar-refractivity contribution in [2.45, 2.75) is 39.3 Å². The van der Waals surface area contributed by atoms with Gasteiger partial charge in [-0.1, -0.05) is 18.2 Å². The van der Waals surface area contributed by atoms with E-state index >= 15 is 0 Å². The lowest BCUT2D eigenvalue weighted by atomic mass is 9.89. The van der Waals surface area contributed by atoms with Crippen LogP contribution in [0.3, 0.4) is 0 Å². The minimum atomic E-state index is -0.130. The Hall–Kier alpha value is -3.88. The summed E-state index contributed by atoms with van der Waals surface area (Å²) in [5.74, 6) is -0.141. The Kier molecular flexibility index (Phi) is 6.54. The maximum absolute atomic E-state index is 12.5. The number of rotatable bonds is 5. The number of amides is 2. The van der Waals surface area contributed by atoms with Crippen molar-refractivity contribution >= 4 is 34.6 Å². The standard InChI is InChI=1S/C26H27N4O4/c1-16-13-25(28-21-8-10-23(11-9-21)30(33)34)24-15-20(7-12-26(24)29(16)18(3)32)19-5-4-6-22(14-19)27-17(2)31/h4-12,14-16,25,28,33H,13H2,1-3H3,(H,27,31)/q-1/p+1/t16-,25+/m0/s1. The normalized spacial score (nSPS) is 17.0. The SMILES string of the molecule is CC(=O)Nc1cccc(-c2ccc3c(c2)[C@H](Nc2ccc(N([O-])[OH2+])cc2)C[C@H](C)N3C(C)=O)c1. The van der Waals surface area contributed by atoms with Gasteiger partial charge in [-0.25, -0.2) is 0 Å². The quantitative estimate of drug-likeness (QED) is 0.429. The fourth-order valence-corrected chi connectivity index (χ4v) is 4.53. The lowest BCUT2D eigenvalue weighted by molar-refractivity contribution is -0.117. The Balaban J connectivity index is 1.72. The molecule has 0 saturated heterocycles. The van der Waals surface area contributed by atoms with Gasteiger partial charge in [-0.05, 0) is 78.6 Å². The molecule has 0 fully saturated rings. The van der Waals surface area contributed by atoms with Crippen molar-refractivity contribution in [1.29, 1.82) is 0 Å². The summed E-state index contributed by atoms with van der Waals surface area (Å²) in [5.41, 5.74) is 5.58. The van der Waals surface area contributed by atoms with Crippen molar-refractivity contribution in [3.63, 3.8) is 0 Å². The Morgan fingerprint density at radius 2 is 1.71 bits per heavy atom. The first-order chi connectivity index (χ1) is 16.2. The molecule has 0 aliphatic carbocycles. The van der Waals surface area contributed by atoms with E-state index in [9.17, 15) is 14.8 Å². The highest BCUT2D eigenvalue weighted by atomic mass is 16.8. The monoisotopic (exact) mass is 460 g/mol. The van der Waals surface area contributed by atoms with E-state index in [1.807, 2.05) is 48.2 Å². The zero-order valence-corrected chi connectivity index (χ0v) is 19.3. The second-order valence-corrected chi connectivity index (χ2v) is 8.55. The molecule has 0 spiro atoms. The zero-order chi connectivity index (χ0) is 24.4. The molecule has 3 aromatic carbocycles. The van der Waals surface area contributed by atoms with Gasteiger partial charge in [0.05, 0.1) is 11.7 Å². The molecule has 3 aromatic rings. The molecule has 1 aliphatic rings. The molecule has 0 radical (unpaired) electrons. The molecule has 2 amide bonds. The van der Waals surface area contributed by atoms with Gasteiger partial charge in [-0.2, -0.15) is 5.23 Å². The Bertz CT molecular complexity index is 1210. The molecular formula is C26H28N4O4. The van der Waals surface area contributed by atoms with E-state index in [1.54, 1.807) is 31.2 Å². The van der Waals surface area contributed by atoms with Crippen LogP contribution in [0.2, 0.25) is 0 Å². The lowest BCUT2D eigenvalue weighted by Crippen LogP contribution is -2.43. The van der Waals surface area contributed by atoms with Crippen molar-refractivity contribution in [3.05, 3.63) is 77.5 Å². The molecule has 176 valence electrons. The van der Waals surface area contributed by atoms with Crippen molar-refractivity contribution in [2.75, 3.05) is 20.8 Å². The summed E-state index contributed by atoms with van der Waals surface area (Å²) in [6, 6.07) is 20.4. The van der Waals surface area contributed by atoms with Crippen molar-refractivity contribution < 1.29 is 14.8 Å². The maximum Gasteiger partial charge on any atom is 0.224 e. The fraction of sp³-hybridized carbons (Fsp3) is 0.231. The smallest absolute Gasteiger partial charge is 0.224 e. The number of anilines is 4. The average Bonchev–Trinajstić information content (AvgIpc) is 2.78. The maximum atomic E-state index is 12.5. The van der Waals surface area contributed by atoms with Crippen molar-refractivity contribution in [3.8, 4) is 11.1 Å². The van der Waals surface area contributed by atoms with Gasteiger partial charge in [0.25, 0.3) is 0 Å². The first kappa shape index (κ1) is 23.3. The molecule has 8 nitrogen and oxygen atoms in total. The summed E-state index contributed by atoms with van der Waals surface area (Å²) in [4.78, 5) is 25.7. The highest BCUT2D eigenvalue weighted by molar-refractivity contribution is 5.94. The van der Waals surface area contributed by atoms with E-state index in [-0.39, 0.29) is 34.8 Å². The molecular weight excluding hydrogens is 432 g/mol. The Labute approximate surface area is 198 Å². The summed E-state index contributed by atoms with van der Waals surface area (Å²) in [6.45, 7) is 5.08. The third-order valence-corrected chi connectivity index (χ3v) is 5.98. The predicted octanol–water partition coefficient (Wildman–Crippen LogP) is 4.55. The van der Waals surface area contributed by atoms with Crippen molar-refractivity contribution in [1.82, 2.24) is 0 Å². The summed E-state index contributed by atoms with van der Waals surface area (Å²) in [5, 5.41) is 24.8. The largest absolute Gasteiger partial charge is 0.694 e. The Morgan fingerprint density at radius 1 is 1.00 bits per heavy atom. The van der Waals surface area contributed by atoms with E-state index in [0.717, 1.165) is 33.8 Å². The molecule has 0 bridgehead atoms. The third-order valence-electron chi connectivity index (χ3n) is 5.98. The van der Waals surface area contributed by atoms with E-state index in [4.69, 9.17) is 5.21 Å². The number of carbonyl (C=O) groups excluding carboxylic acids is 2. The number of nitrogens with zero attached hydrogens (tertiary/aromatic N) is 2. The average molecular weight is 461 g/mol. The van der Waals surface area contributed by atoms with Crippen LogP contribution >= 0.6 is 0 Å². The number of benzene rings is 3. The van der Waals surface area contributed by atoms with Crippen LogP contribution < -0.4 is 20.8 Å². The van der Waals surface area contributed by atoms with Crippen LogP contribution in [-0.2, 0) is 9.59 Å². The van der Waals surface area contributed by atoms with Gasteiger partial charge in [0.1, 0.15) is 0 Å². The molecule has 0 saturated carbocycles. The van der Waals surface area contributed by atoms with Crippen LogP contribution in [0.5, 0.6) is 0 Å². The van der Waals surface area contributed by atoms with Gasteiger partial charge >= 0.3 is 0 Å². The first-order valence-corrected chi connectivity index (χ1v) is 11.1. The second kappa shape index (κ2) is 9.54. The second-order valence-electron chi connectivity index (χ2n) is 8.55. The van der Waals surface area contributed by atoms with Gasteiger partial charge in [-0.3, -0.25) is 9.59 Å². The molecule has 4 N–H and O–H groups in total. The van der Waals surface area contributed by atoms with Crippen LogP contribution in [0.25, 0.3) is 11.1 Å². The molecule has 0 aromatic heterocycles. The van der Waals surface area contributed by atoms with Gasteiger partial charge < -0.3 is 25.9 Å². The van der Waals surface area contributed by atoms with Gasteiger partial charge in [0.2, 0.25) is 11.8 Å². The van der Waals surface area contributed by atoms with E-state index in [1.165, 1.54) is 6.92 Å². The Morgan fingerprint density at radius 3 is 2.35 bits per heavy atom. The summed E-state index contributed by atoms with van der Waals surface area (Å²) >= 11 is 0. The van der Waals surface area contributed by atoms with E-state index < -0.39 is 0 Å². The van der Waals surface area contributed by atoms with Crippen molar-refractivity contribution in [2.24, 2.45) is 0 Å². The highest BCUT2D eigenvalue weighted by Gasteiger charge is 2.32. The van der Waals surface area contributed by atoms with Crippen LogP contribution in [0.4, 0.5) is 22.7 Å². The molecule has 4 rings (SSSR count).